The van der Waals surface area contributed by atoms with E-state index in [0.29, 0.717) is 45.7 Å². The summed E-state index contributed by atoms with van der Waals surface area (Å²) in [5, 5.41) is 8.97. The maximum Gasteiger partial charge on any atom is 0.323 e. The first-order valence-electron chi connectivity index (χ1n) is 6.29. The highest BCUT2D eigenvalue weighted by Gasteiger charge is 2.42. The van der Waals surface area contributed by atoms with Gasteiger partial charge in [0.1, 0.15) is 5.54 Å². The number of hydrogen-bond acceptors (Lipinski definition) is 5. The Labute approximate surface area is 107 Å². The lowest BCUT2D eigenvalue weighted by Crippen LogP contribution is -2.45. The molecule has 0 radical (unpaired) electrons. The fraction of sp³-hybridized carbons (Fsp3) is 0.917. The van der Waals surface area contributed by atoms with E-state index in [2.05, 4.69) is 0 Å². The number of carboxylic acids is 1. The van der Waals surface area contributed by atoms with Gasteiger partial charge in [-0.15, -0.1) is 0 Å². The van der Waals surface area contributed by atoms with Crippen LogP contribution in [0, 0.1) is 0 Å². The molecule has 1 aliphatic rings. The van der Waals surface area contributed by atoms with Gasteiger partial charge in [0.25, 0.3) is 0 Å². The highest BCUT2D eigenvalue weighted by molar-refractivity contribution is 5.78. The summed E-state index contributed by atoms with van der Waals surface area (Å²) >= 11 is 0. The average molecular weight is 261 g/mol. The molecule has 6 nitrogen and oxygen atoms in total. The van der Waals surface area contributed by atoms with Crippen molar-refractivity contribution in [3.63, 3.8) is 0 Å². The summed E-state index contributed by atoms with van der Waals surface area (Å²) in [6, 6.07) is 0. The number of carbonyl (C=O) groups is 1. The van der Waals surface area contributed by atoms with Crippen LogP contribution in [-0.4, -0.2) is 56.3 Å². The molecule has 18 heavy (non-hydrogen) atoms. The average Bonchev–Trinajstić information content (AvgIpc) is 2.72. The SMILES string of the molecule is COCCOCCCOC1CCC(N)(C(=O)O)C1. The minimum absolute atomic E-state index is 0.0370. The van der Waals surface area contributed by atoms with Crippen molar-refractivity contribution >= 4 is 5.97 Å². The molecule has 0 aliphatic heterocycles. The van der Waals surface area contributed by atoms with E-state index < -0.39 is 11.5 Å². The molecule has 0 heterocycles. The number of rotatable bonds is 9. The molecule has 0 aromatic carbocycles. The summed E-state index contributed by atoms with van der Waals surface area (Å²) < 4.78 is 15.7. The number of carboxylic acid groups (broad SMARTS) is 1. The lowest BCUT2D eigenvalue weighted by Gasteiger charge is -2.18. The minimum atomic E-state index is -1.10. The molecule has 0 bridgehead atoms. The molecule has 3 N–H and O–H groups in total. The van der Waals surface area contributed by atoms with Crippen LogP contribution in [-0.2, 0) is 19.0 Å². The molecule has 1 rings (SSSR count). The maximum absolute atomic E-state index is 10.9. The third-order valence-corrected chi connectivity index (χ3v) is 3.15. The number of aliphatic carboxylic acids is 1. The Morgan fingerprint density at radius 3 is 2.78 bits per heavy atom. The number of hydrogen-bond donors (Lipinski definition) is 2. The van der Waals surface area contributed by atoms with E-state index in [-0.39, 0.29) is 6.10 Å². The van der Waals surface area contributed by atoms with E-state index in [1.165, 1.54) is 0 Å². The molecule has 1 saturated carbocycles. The van der Waals surface area contributed by atoms with Crippen LogP contribution in [0.25, 0.3) is 0 Å². The summed E-state index contributed by atoms with van der Waals surface area (Å²) in [7, 11) is 1.63. The van der Waals surface area contributed by atoms with Gasteiger partial charge >= 0.3 is 5.97 Å². The molecule has 0 amide bonds. The Hall–Kier alpha value is -0.690. The first-order chi connectivity index (χ1) is 8.58. The molecule has 6 heteroatoms. The highest BCUT2D eigenvalue weighted by atomic mass is 16.5. The zero-order valence-electron chi connectivity index (χ0n) is 10.9. The standard InChI is InChI=1S/C12H23NO5/c1-16-7-8-17-5-2-6-18-10-3-4-12(13,9-10)11(14)15/h10H,2-9,13H2,1H3,(H,14,15). The zero-order valence-corrected chi connectivity index (χ0v) is 10.9. The van der Waals surface area contributed by atoms with Crippen molar-refractivity contribution in [3.05, 3.63) is 0 Å². The van der Waals surface area contributed by atoms with Gasteiger partial charge < -0.3 is 25.1 Å². The second-order valence-electron chi connectivity index (χ2n) is 4.66. The minimum Gasteiger partial charge on any atom is -0.480 e. The van der Waals surface area contributed by atoms with E-state index in [9.17, 15) is 4.79 Å². The Kier molecular flexibility index (Phi) is 6.56. The Balaban J connectivity index is 2.03. The first kappa shape index (κ1) is 15.4. The van der Waals surface area contributed by atoms with Crippen LogP contribution < -0.4 is 5.73 Å². The fourth-order valence-electron chi connectivity index (χ4n) is 2.02. The Bertz CT molecular complexity index is 261. The van der Waals surface area contributed by atoms with Crippen LogP contribution in [0.1, 0.15) is 25.7 Å². The van der Waals surface area contributed by atoms with Crippen molar-refractivity contribution in [2.24, 2.45) is 5.73 Å². The topological polar surface area (TPSA) is 91.0 Å². The number of methoxy groups -OCH3 is 1. The number of ether oxygens (including phenoxy) is 3. The number of nitrogens with two attached hydrogens (primary N) is 1. The van der Waals surface area contributed by atoms with Crippen LogP contribution in [0.5, 0.6) is 0 Å². The van der Waals surface area contributed by atoms with Gasteiger partial charge in [-0.25, -0.2) is 0 Å². The van der Waals surface area contributed by atoms with Gasteiger partial charge in [-0.05, 0) is 19.3 Å². The predicted molar refractivity (Wildman–Crippen MR) is 65.5 cm³/mol. The quantitative estimate of drug-likeness (QED) is 0.583. The molecule has 0 spiro atoms. The van der Waals surface area contributed by atoms with Crippen molar-refractivity contribution in [1.29, 1.82) is 0 Å². The Morgan fingerprint density at radius 2 is 2.17 bits per heavy atom. The normalized spacial score (nSPS) is 27.6. The van der Waals surface area contributed by atoms with E-state index in [4.69, 9.17) is 25.1 Å². The summed E-state index contributed by atoms with van der Waals surface area (Å²) in [5.74, 6) is -0.934. The van der Waals surface area contributed by atoms with Crippen molar-refractivity contribution in [2.45, 2.75) is 37.3 Å². The molecule has 0 saturated heterocycles. The summed E-state index contributed by atoms with van der Waals surface area (Å²) in [5.41, 5.74) is 4.66. The molecule has 106 valence electrons. The molecule has 2 atom stereocenters. The van der Waals surface area contributed by atoms with E-state index >= 15 is 0 Å². The molecule has 1 fully saturated rings. The summed E-state index contributed by atoms with van der Waals surface area (Å²) in [6.45, 7) is 2.39. The van der Waals surface area contributed by atoms with Crippen LogP contribution in [0.4, 0.5) is 0 Å². The Morgan fingerprint density at radius 1 is 1.39 bits per heavy atom. The van der Waals surface area contributed by atoms with Crippen molar-refractivity contribution < 1.29 is 24.1 Å². The third kappa shape index (κ3) is 4.89. The highest BCUT2D eigenvalue weighted by Crippen LogP contribution is 2.30. The summed E-state index contributed by atoms with van der Waals surface area (Å²) in [6.07, 6.45) is 2.35. The largest absolute Gasteiger partial charge is 0.480 e. The van der Waals surface area contributed by atoms with E-state index in [0.717, 1.165) is 6.42 Å². The van der Waals surface area contributed by atoms with E-state index in [1.54, 1.807) is 7.11 Å². The molecular formula is C12H23NO5. The van der Waals surface area contributed by atoms with Crippen LogP contribution in [0.15, 0.2) is 0 Å². The van der Waals surface area contributed by atoms with Gasteiger partial charge in [-0.1, -0.05) is 0 Å². The van der Waals surface area contributed by atoms with Gasteiger partial charge in [0.05, 0.1) is 19.3 Å². The fourth-order valence-corrected chi connectivity index (χ4v) is 2.02. The lowest BCUT2D eigenvalue weighted by atomic mass is 10.00. The van der Waals surface area contributed by atoms with Gasteiger partial charge in [-0.2, -0.15) is 0 Å². The zero-order chi connectivity index (χ0) is 13.4. The second-order valence-corrected chi connectivity index (χ2v) is 4.66. The smallest absolute Gasteiger partial charge is 0.323 e. The van der Waals surface area contributed by atoms with Crippen LogP contribution in [0.3, 0.4) is 0 Å². The molecule has 1 aliphatic carbocycles. The maximum atomic E-state index is 10.9. The monoisotopic (exact) mass is 261 g/mol. The van der Waals surface area contributed by atoms with Crippen molar-refractivity contribution in [2.75, 3.05) is 33.5 Å². The van der Waals surface area contributed by atoms with Gasteiger partial charge in [0.15, 0.2) is 0 Å². The molecule has 2 unspecified atom stereocenters. The predicted octanol–water partition coefficient (Wildman–Crippen LogP) is 0.391. The van der Waals surface area contributed by atoms with Crippen LogP contribution in [0.2, 0.25) is 0 Å². The molecular weight excluding hydrogens is 238 g/mol. The molecule has 0 aromatic heterocycles. The summed E-state index contributed by atoms with van der Waals surface area (Å²) in [4.78, 5) is 10.9. The van der Waals surface area contributed by atoms with Crippen molar-refractivity contribution in [3.8, 4) is 0 Å². The van der Waals surface area contributed by atoms with Crippen LogP contribution >= 0.6 is 0 Å². The lowest BCUT2D eigenvalue weighted by molar-refractivity contribution is -0.143. The van der Waals surface area contributed by atoms with E-state index in [1.807, 2.05) is 0 Å². The second kappa shape index (κ2) is 7.68. The van der Waals surface area contributed by atoms with Crippen molar-refractivity contribution in [1.82, 2.24) is 0 Å². The van der Waals surface area contributed by atoms with Gasteiger partial charge in [-0.3, -0.25) is 4.79 Å². The first-order valence-corrected chi connectivity index (χ1v) is 6.29. The van der Waals surface area contributed by atoms with Gasteiger partial charge in [0.2, 0.25) is 0 Å². The molecule has 0 aromatic rings. The third-order valence-electron chi connectivity index (χ3n) is 3.15. The van der Waals surface area contributed by atoms with Gasteiger partial charge in [0, 0.05) is 26.7 Å².